The molecule has 174 valence electrons. The van der Waals surface area contributed by atoms with Crippen molar-refractivity contribution in [3.63, 3.8) is 0 Å². The van der Waals surface area contributed by atoms with Gasteiger partial charge in [0.05, 0.1) is 12.2 Å². The quantitative estimate of drug-likeness (QED) is 0.609. The van der Waals surface area contributed by atoms with E-state index in [4.69, 9.17) is 16.7 Å². The molecule has 32 heavy (non-hydrogen) atoms. The number of anilines is 1. The van der Waals surface area contributed by atoms with Crippen LogP contribution in [0.25, 0.3) is 0 Å². The predicted octanol–water partition coefficient (Wildman–Crippen LogP) is 3.78. The van der Waals surface area contributed by atoms with Gasteiger partial charge in [-0.25, -0.2) is 0 Å². The summed E-state index contributed by atoms with van der Waals surface area (Å²) in [7, 11) is 0. The summed E-state index contributed by atoms with van der Waals surface area (Å²) in [5.74, 6) is -1.56. The van der Waals surface area contributed by atoms with Gasteiger partial charge in [-0.15, -0.1) is 0 Å². The highest BCUT2D eigenvalue weighted by atomic mass is 35.5. The number of nitrogens with zero attached hydrogens (tertiary/aromatic N) is 3. The summed E-state index contributed by atoms with van der Waals surface area (Å²) in [6.45, 7) is 1.46. The fourth-order valence-electron chi connectivity index (χ4n) is 3.95. The van der Waals surface area contributed by atoms with Crippen LogP contribution in [0.5, 0.6) is 5.75 Å². The lowest BCUT2D eigenvalue weighted by Gasteiger charge is -2.41. The van der Waals surface area contributed by atoms with Gasteiger partial charge in [-0.3, -0.25) is 19.2 Å². The predicted molar refractivity (Wildman–Crippen MR) is 114 cm³/mol. The van der Waals surface area contributed by atoms with E-state index in [9.17, 15) is 18.4 Å². The van der Waals surface area contributed by atoms with E-state index >= 15 is 0 Å². The van der Waals surface area contributed by atoms with E-state index in [2.05, 4.69) is 15.2 Å². The summed E-state index contributed by atoms with van der Waals surface area (Å²) in [4.78, 5) is 26.5. The molecule has 11 heteroatoms. The number of benzene rings is 1. The maximum atomic E-state index is 13.6. The van der Waals surface area contributed by atoms with Crippen molar-refractivity contribution >= 4 is 29.2 Å². The molecule has 0 aliphatic carbocycles. The molecule has 2 N–H and O–H groups in total. The third-order valence-electron chi connectivity index (χ3n) is 5.54. The first-order valence-corrected chi connectivity index (χ1v) is 10.5. The fraction of sp³-hybridized carbons (Fsp3) is 0.476. The highest BCUT2D eigenvalue weighted by molar-refractivity contribution is 6.30. The summed E-state index contributed by atoms with van der Waals surface area (Å²) in [5.41, 5.74) is -0.225. The van der Waals surface area contributed by atoms with E-state index in [1.165, 1.54) is 18.2 Å². The molecule has 0 saturated carbocycles. The largest absolute Gasteiger partial charge is 0.480 e. The molecule has 1 aromatic heterocycles. The second-order valence-electron chi connectivity index (χ2n) is 8.00. The number of rotatable bonds is 8. The average Bonchev–Trinajstić information content (AvgIpc) is 3.20. The Labute approximate surface area is 189 Å². The van der Waals surface area contributed by atoms with Crippen LogP contribution in [0.2, 0.25) is 5.02 Å². The van der Waals surface area contributed by atoms with Crippen molar-refractivity contribution in [1.82, 2.24) is 14.7 Å². The molecule has 0 radical (unpaired) electrons. The number of hydrogen-bond acceptors (Lipinski definition) is 5. The second-order valence-corrected chi connectivity index (χ2v) is 8.43. The van der Waals surface area contributed by atoms with Gasteiger partial charge in [0.1, 0.15) is 5.54 Å². The maximum Gasteiger partial charge on any atom is 0.387 e. The van der Waals surface area contributed by atoms with Crippen LogP contribution in [0.3, 0.4) is 0 Å². The van der Waals surface area contributed by atoms with Gasteiger partial charge in [-0.05, 0) is 37.0 Å². The number of aromatic nitrogens is 2. The number of carbonyl (C=O) groups is 2. The number of amides is 1. The van der Waals surface area contributed by atoms with Gasteiger partial charge in [-0.1, -0.05) is 25.4 Å². The zero-order chi connectivity index (χ0) is 23.5. The van der Waals surface area contributed by atoms with Gasteiger partial charge in [-0.2, -0.15) is 13.9 Å². The average molecular weight is 471 g/mol. The van der Waals surface area contributed by atoms with Crippen LogP contribution in [0.4, 0.5) is 14.5 Å². The molecule has 1 saturated heterocycles. The standard InChI is InChI=1S/C21H25ClF2N4O4/c1-13(2)16-5-8-25-28(16)21(6-9-27(10-7-21)12-18(29)30)19(31)26-15-4-3-14(22)11-17(15)32-20(23)24/h3-5,8,11,13,20H,6-7,9-10,12H2,1-2H3,(H,26,31)(H,29,30). The lowest BCUT2D eigenvalue weighted by Crippen LogP contribution is -2.54. The molecule has 0 spiro atoms. The zero-order valence-electron chi connectivity index (χ0n) is 17.7. The molecule has 0 atom stereocenters. The number of aliphatic carboxylic acids is 1. The smallest absolute Gasteiger partial charge is 0.387 e. The first-order chi connectivity index (χ1) is 15.1. The normalized spacial score (nSPS) is 16.3. The summed E-state index contributed by atoms with van der Waals surface area (Å²) in [6.07, 6.45) is 2.21. The van der Waals surface area contributed by atoms with Crippen molar-refractivity contribution in [1.29, 1.82) is 0 Å². The molecule has 0 bridgehead atoms. The first kappa shape index (κ1) is 23.9. The number of ether oxygens (including phenoxy) is 1. The molecule has 0 unspecified atom stereocenters. The Morgan fingerprint density at radius 3 is 2.56 bits per heavy atom. The Kier molecular flexibility index (Phi) is 7.35. The van der Waals surface area contributed by atoms with E-state index in [0.717, 1.165) is 5.69 Å². The highest BCUT2D eigenvalue weighted by Gasteiger charge is 2.45. The van der Waals surface area contributed by atoms with E-state index in [-0.39, 0.29) is 28.9 Å². The van der Waals surface area contributed by atoms with Crippen LogP contribution in [0.1, 0.15) is 38.3 Å². The number of halogens is 3. The van der Waals surface area contributed by atoms with Crippen LogP contribution in [0.15, 0.2) is 30.5 Å². The Morgan fingerprint density at radius 1 is 1.28 bits per heavy atom. The summed E-state index contributed by atoms with van der Waals surface area (Å²) >= 11 is 5.90. The Morgan fingerprint density at radius 2 is 1.97 bits per heavy atom. The third-order valence-corrected chi connectivity index (χ3v) is 5.78. The summed E-state index contributed by atoms with van der Waals surface area (Å²) in [5, 5.41) is 16.4. The Balaban J connectivity index is 1.95. The minimum Gasteiger partial charge on any atom is -0.480 e. The van der Waals surface area contributed by atoms with Crippen LogP contribution in [-0.4, -0.2) is 57.9 Å². The number of alkyl halides is 2. The van der Waals surface area contributed by atoms with Gasteiger partial charge in [0.15, 0.2) is 5.75 Å². The van der Waals surface area contributed by atoms with Gasteiger partial charge < -0.3 is 15.2 Å². The molecule has 1 aliphatic rings. The van der Waals surface area contributed by atoms with Gasteiger partial charge >= 0.3 is 12.6 Å². The van der Waals surface area contributed by atoms with Crippen molar-refractivity contribution in [3.05, 3.63) is 41.2 Å². The number of carbonyl (C=O) groups excluding carboxylic acids is 1. The van der Waals surface area contributed by atoms with Crippen molar-refractivity contribution < 1.29 is 28.2 Å². The van der Waals surface area contributed by atoms with Crippen molar-refractivity contribution in [3.8, 4) is 5.75 Å². The molecule has 8 nitrogen and oxygen atoms in total. The van der Waals surface area contributed by atoms with Crippen LogP contribution in [-0.2, 0) is 15.1 Å². The molecule has 2 heterocycles. The van der Waals surface area contributed by atoms with Gasteiger partial charge in [0, 0.05) is 36.1 Å². The van der Waals surface area contributed by atoms with E-state index in [0.29, 0.717) is 25.9 Å². The van der Waals surface area contributed by atoms with Crippen molar-refractivity contribution in [2.24, 2.45) is 0 Å². The van der Waals surface area contributed by atoms with E-state index in [1.54, 1.807) is 15.8 Å². The van der Waals surface area contributed by atoms with Crippen molar-refractivity contribution in [2.75, 3.05) is 25.0 Å². The topological polar surface area (TPSA) is 96.7 Å². The van der Waals surface area contributed by atoms with Crippen LogP contribution >= 0.6 is 11.6 Å². The molecule has 1 aliphatic heterocycles. The SMILES string of the molecule is CC(C)c1ccnn1C1(C(=O)Nc2ccc(Cl)cc2OC(F)F)CCN(CC(=O)O)CC1. The summed E-state index contributed by atoms with van der Waals surface area (Å²) < 4.78 is 31.9. The van der Waals surface area contributed by atoms with Crippen molar-refractivity contribution in [2.45, 2.75) is 44.8 Å². The Bertz CT molecular complexity index is 974. The number of carboxylic acid groups (broad SMARTS) is 1. The maximum absolute atomic E-state index is 13.6. The minimum atomic E-state index is -3.09. The molecule has 2 aromatic rings. The van der Waals surface area contributed by atoms with E-state index < -0.39 is 24.0 Å². The fourth-order valence-corrected chi connectivity index (χ4v) is 4.11. The number of nitrogens with one attached hydrogen (secondary N) is 1. The number of piperidine rings is 1. The molecule has 1 aromatic carbocycles. The van der Waals surface area contributed by atoms with Crippen LogP contribution in [0, 0.1) is 0 Å². The highest BCUT2D eigenvalue weighted by Crippen LogP contribution is 2.36. The monoisotopic (exact) mass is 470 g/mol. The molecule has 3 rings (SSSR count). The number of likely N-dealkylation sites (tertiary alicyclic amines) is 1. The van der Waals surface area contributed by atoms with E-state index in [1.807, 2.05) is 19.9 Å². The zero-order valence-corrected chi connectivity index (χ0v) is 18.5. The lowest BCUT2D eigenvalue weighted by atomic mass is 9.85. The number of hydrogen-bond donors (Lipinski definition) is 2. The third kappa shape index (κ3) is 5.18. The van der Waals surface area contributed by atoms with Crippen LogP contribution < -0.4 is 10.1 Å². The number of carboxylic acids is 1. The van der Waals surface area contributed by atoms with Gasteiger partial charge in [0.25, 0.3) is 5.91 Å². The lowest BCUT2D eigenvalue weighted by molar-refractivity contribution is -0.139. The molecular formula is C21H25ClF2N4O4. The van der Waals surface area contributed by atoms with Gasteiger partial charge in [0.2, 0.25) is 0 Å². The Hall–Kier alpha value is -2.72. The molecule has 1 amide bonds. The second kappa shape index (κ2) is 9.83. The minimum absolute atomic E-state index is 0.0605. The summed E-state index contributed by atoms with van der Waals surface area (Å²) in [6, 6.07) is 5.90. The molecular weight excluding hydrogens is 446 g/mol. The molecule has 1 fully saturated rings. The first-order valence-electron chi connectivity index (χ1n) is 10.2.